The summed E-state index contributed by atoms with van der Waals surface area (Å²) in [4.78, 5) is 4.19. The van der Waals surface area contributed by atoms with Crippen LogP contribution in [0.2, 0.25) is 0 Å². The number of anilines is 1. The minimum atomic E-state index is -4.31. The summed E-state index contributed by atoms with van der Waals surface area (Å²) in [5.41, 5.74) is 0.751. The molecular weight excluding hydrogens is 600 g/mol. The highest BCUT2D eigenvalue weighted by Gasteiger charge is 2.30. The number of benzene rings is 2. The third-order valence-electron chi connectivity index (χ3n) is 6.24. The number of rotatable bonds is 12. The van der Waals surface area contributed by atoms with Crippen LogP contribution < -0.4 is 18.9 Å². The van der Waals surface area contributed by atoms with Crippen LogP contribution in [0.15, 0.2) is 59.5 Å². The normalized spacial score (nSPS) is 12.3. The van der Waals surface area contributed by atoms with E-state index in [1.54, 1.807) is 36.4 Å². The highest BCUT2D eigenvalue weighted by Crippen LogP contribution is 2.38. The number of para-hydroxylation sites is 1. The molecule has 0 aliphatic carbocycles. The molecule has 0 fully saturated rings. The maximum Gasteiger partial charge on any atom is 0.243 e. The summed E-state index contributed by atoms with van der Waals surface area (Å²) in [5, 5.41) is 17.6. The van der Waals surface area contributed by atoms with Crippen LogP contribution in [0.5, 0.6) is 17.4 Å². The first kappa shape index (κ1) is 31.2. The Kier molecular flexibility index (Phi) is 9.19. The molecular formula is C27H28N6O8S2. The molecule has 0 amide bonds. The summed E-state index contributed by atoms with van der Waals surface area (Å²) in [6, 6.07) is 15.7. The predicted molar refractivity (Wildman–Crippen MR) is 156 cm³/mol. The molecule has 0 saturated heterocycles. The number of sulfonamides is 1. The number of pyridine rings is 1. The third kappa shape index (κ3) is 6.69. The second-order valence-electron chi connectivity index (χ2n) is 9.00. The molecule has 0 bridgehead atoms. The van der Waals surface area contributed by atoms with E-state index in [2.05, 4.69) is 19.9 Å². The van der Waals surface area contributed by atoms with Crippen LogP contribution in [-0.4, -0.2) is 77.0 Å². The Hall–Kier alpha value is -4.72. The zero-order valence-electron chi connectivity index (χ0n) is 23.8. The van der Waals surface area contributed by atoms with Gasteiger partial charge in [-0.3, -0.25) is 9.29 Å². The van der Waals surface area contributed by atoms with Gasteiger partial charge in [-0.1, -0.05) is 18.2 Å². The van der Waals surface area contributed by atoms with E-state index in [-0.39, 0.29) is 39.4 Å². The van der Waals surface area contributed by atoms with Crippen LogP contribution in [0.25, 0.3) is 17.2 Å². The van der Waals surface area contributed by atoms with Gasteiger partial charge in [-0.2, -0.15) is 5.26 Å². The lowest BCUT2D eigenvalue weighted by atomic mass is 10.1. The van der Waals surface area contributed by atoms with Crippen molar-refractivity contribution in [3.8, 4) is 40.7 Å². The Morgan fingerprint density at radius 1 is 0.930 bits per heavy atom. The van der Waals surface area contributed by atoms with Gasteiger partial charge in [0.05, 0.1) is 49.7 Å². The van der Waals surface area contributed by atoms with Gasteiger partial charge in [0.1, 0.15) is 22.9 Å². The number of hydrogen-bond donors (Lipinski definition) is 1. The van der Waals surface area contributed by atoms with Crippen molar-refractivity contribution in [1.82, 2.24) is 19.7 Å². The van der Waals surface area contributed by atoms with E-state index in [1.807, 2.05) is 6.07 Å². The first-order valence-electron chi connectivity index (χ1n) is 12.4. The summed E-state index contributed by atoms with van der Waals surface area (Å²) in [5.74, 6) is 0.103. The number of nitrogens with one attached hydrogen (secondary N) is 1. The average Bonchev–Trinajstić information content (AvgIpc) is 3.40. The van der Waals surface area contributed by atoms with Crippen LogP contribution in [0.3, 0.4) is 0 Å². The number of aromatic nitrogens is 4. The van der Waals surface area contributed by atoms with Crippen LogP contribution in [0.4, 0.5) is 5.95 Å². The monoisotopic (exact) mass is 628 g/mol. The van der Waals surface area contributed by atoms with E-state index in [1.165, 1.54) is 51.2 Å². The molecule has 43 heavy (non-hydrogen) atoms. The quantitative estimate of drug-likeness (QED) is 0.242. The summed E-state index contributed by atoms with van der Waals surface area (Å²) in [7, 11) is -2.57. The Balaban J connectivity index is 1.84. The fraction of sp³-hybridized carbons (Fsp3) is 0.259. The smallest absolute Gasteiger partial charge is 0.243 e. The second kappa shape index (κ2) is 12.7. The van der Waals surface area contributed by atoms with Crippen molar-refractivity contribution in [2.45, 2.75) is 11.0 Å². The first-order valence-corrected chi connectivity index (χ1v) is 16.0. The molecule has 4 aromatic rings. The van der Waals surface area contributed by atoms with Gasteiger partial charge in [0.15, 0.2) is 15.7 Å². The number of hydrogen-bond acceptors (Lipinski definition) is 12. The minimum absolute atomic E-state index is 0.0727. The summed E-state index contributed by atoms with van der Waals surface area (Å²) >= 11 is 0. The van der Waals surface area contributed by atoms with Crippen molar-refractivity contribution in [2.75, 3.05) is 45.2 Å². The van der Waals surface area contributed by atoms with Gasteiger partial charge >= 0.3 is 0 Å². The summed E-state index contributed by atoms with van der Waals surface area (Å²) < 4.78 is 77.8. The van der Waals surface area contributed by atoms with Crippen LogP contribution >= 0.6 is 0 Å². The van der Waals surface area contributed by atoms with Crippen LogP contribution in [0, 0.1) is 11.3 Å². The number of ether oxygens (including phenoxy) is 4. The molecule has 1 N–H and O–H groups in total. The van der Waals surface area contributed by atoms with E-state index in [4.69, 9.17) is 18.9 Å². The van der Waals surface area contributed by atoms with Crippen LogP contribution in [-0.2, 0) is 24.6 Å². The molecule has 0 spiro atoms. The second-order valence-corrected chi connectivity index (χ2v) is 12.8. The Morgan fingerprint density at radius 2 is 1.60 bits per heavy atom. The summed E-state index contributed by atoms with van der Waals surface area (Å²) in [6.07, 6.45) is -0.268. The molecule has 0 aliphatic heterocycles. The van der Waals surface area contributed by atoms with Crippen molar-refractivity contribution < 1.29 is 35.8 Å². The van der Waals surface area contributed by atoms with Crippen LogP contribution in [0.1, 0.15) is 17.2 Å². The third-order valence-corrected chi connectivity index (χ3v) is 8.63. The molecule has 1 atom stereocenters. The van der Waals surface area contributed by atoms with Crippen molar-refractivity contribution in [2.24, 2.45) is 0 Å². The van der Waals surface area contributed by atoms with Crippen molar-refractivity contribution in [1.29, 1.82) is 5.26 Å². The number of nitrogens with zero attached hydrogens (tertiary/aromatic N) is 5. The van der Waals surface area contributed by atoms with Gasteiger partial charge in [-0.25, -0.2) is 21.8 Å². The lowest BCUT2D eigenvalue weighted by Gasteiger charge is -2.20. The lowest BCUT2D eigenvalue weighted by molar-refractivity contribution is 0.119. The standard InChI is InChI=1S/C27H28N6O8S2/c1-38-20-9-7-10-21(39-2)25(20)33-26(19-8-6-11-24(29-19)41-4)30-31-27(33)32-43(36,37)16-22(40-3)18-13-12-17(15-28)14-23(18)42(5,34)35/h6-14,22H,16H2,1-5H3,(H,31,32). The van der Waals surface area contributed by atoms with E-state index < -0.39 is 31.7 Å². The fourth-order valence-electron chi connectivity index (χ4n) is 4.29. The summed E-state index contributed by atoms with van der Waals surface area (Å²) in [6.45, 7) is 0. The molecule has 2 aromatic heterocycles. The highest BCUT2D eigenvalue weighted by molar-refractivity contribution is 7.92. The first-order chi connectivity index (χ1) is 20.5. The van der Waals surface area contributed by atoms with Gasteiger partial charge in [0.25, 0.3) is 0 Å². The molecule has 0 saturated carbocycles. The van der Waals surface area contributed by atoms with Gasteiger partial charge in [-0.15, -0.1) is 10.2 Å². The molecule has 16 heteroatoms. The zero-order chi connectivity index (χ0) is 31.4. The van der Waals surface area contributed by atoms with Crippen molar-refractivity contribution in [3.63, 3.8) is 0 Å². The number of nitriles is 1. The number of methoxy groups -OCH3 is 4. The van der Waals surface area contributed by atoms with Gasteiger partial charge in [0.2, 0.25) is 21.9 Å². The van der Waals surface area contributed by atoms with Crippen molar-refractivity contribution in [3.05, 3.63) is 65.7 Å². The lowest BCUT2D eigenvalue weighted by Crippen LogP contribution is -2.25. The van der Waals surface area contributed by atoms with Gasteiger partial charge < -0.3 is 18.9 Å². The predicted octanol–water partition coefficient (Wildman–Crippen LogP) is 2.76. The maximum atomic E-state index is 13.6. The maximum absolute atomic E-state index is 13.6. The largest absolute Gasteiger partial charge is 0.494 e. The molecule has 226 valence electrons. The minimum Gasteiger partial charge on any atom is -0.494 e. The Labute approximate surface area is 248 Å². The molecule has 1 unspecified atom stereocenters. The number of sulfone groups is 1. The van der Waals surface area contributed by atoms with Crippen molar-refractivity contribution >= 4 is 25.8 Å². The Bertz CT molecular complexity index is 1880. The SMILES string of the molecule is COc1cccc(-c2nnc(NS(=O)(=O)CC(OC)c3ccc(C#N)cc3S(C)(=O)=O)n2-c2c(OC)cccc2OC)n1. The van der Waals surface area contributed by atoms with Gasteiger partial charge in [0, 0.05) is 25.0 Å². The molecule has 0 radical (unpaired) electrons. The average molecular weight is 629 g/mol. The topological polar surface area (TPSA) is 185 Å². The molecule has 0 aliphatic rings. The zero-order valence-corrected chi connectivity index (χ0v) is 25.4. The van der Waals surface area contributed by atoms with E-state index >= 15 is 0 Å². The molecule has 4 rings (SSSR count). The van der Waals surface area contributed by atoms with E-state index in [0.717, 1.165) is 6.26 Å². The fourth-order valence-corrected chi connectivity index (χ4v) is 6.47. The highest BCUT2D eigenvalue weighted by atomic mass is 32.2. The Morgan fingerprint density at radius 3 is 2.19 bits per heavy atom. The van der Waals surface area contributed by atoms with E-state index in [0.29, 0.717) is 17.2 Å². The van der Waals surface area contributed by atoms with Gasteiger partial charge in [-0.05, 0) is 30.3 Å². The molecule has 2 heterocycles. The molecule has 14 nitrogen and oxygen atoms in total. The molecule has 2 aromatic carbocycles. The van der Waals surface area contributed by atoms with E-state index in [9.17, 15) is 22.1 Å².